The van der Waals surface area contributed by atoms with E-state index in [1.54, 1.807) is 17.0 Å². The van der Waals surface area contributed by atoms with Crippen molar-refractivity contribution in [2.75, 3.05) is 26.2 Å². The standard InChI is InChI=1S/C15H16N4O3/c1-10-2-3-12(19(21)22)11-4-5-17-14(13(10)11)15(20)18-8-6-16-7-9-18/h2-5,16H,6-9H2,1H3. The summed E-state index contributed by atoms with van der Waals surface area (Å²) in [4.78, 5) is 29.4. The third-order valence-electron chi connectivity index (χ3n) is 3.92. The van der Waals surface area contributed by atoms with E-state index in [1.165, 1.54) is 12.3 Å². The van der Waals surface area contributed by atoms with Gasteiger partial charge in [-0.25, -0.2) is 0 Å². The van der Waals surface area contributed by atoms with Gasteiger partial charge in [-0.15, -0.1) is 0 Å². The van der Waals surface area contributed by atoms with Crippen molar-refractivity contribution < 1.29 is 9.72 Å². The van der Waals surface area contributed by atoms with Crippen molar-refractivity contribution in [3.05, 3.63) is 45.8 Å². The number of carbonyl (C=O) groups is 1. The number of fused-ring (bicyclic) bond motifs is 1. The number of nitrogens with zero attached hydrogens (tertiary/aromatic N) is 3. The third kappa shape index (κ3) is 2.39. The summed E-state index contributed by atoms with van der Waals surface area (Å²) in [6.45, 7) is 4.56. The van der Waals surface area contributed by atoms with Crippen molar-refractivity contribution in [1.82, 2.24) is 15.2 Å². The molecule has 3 rings (SSSR count). The van der Waals surface area contributed by atoms with Gasteiger partial charge in [0.15, 0.2) is 0 Å². The molecule has 7 nitrogen and oxygen atoms in total. The summed E-state index contributed by atoms with van der Waals surface area (Å²) in [7, 11) is 0. The molecular formula is C15H16N4O3. The van der Waals surface area contributed by atoms with Gasteiger partial charge in [0.1, 0.15) is 5.69 Å². The van der Waals surface area contributed by atoms with Crippen molar-refractivity contribution in [1.29, 1.82) is 0 Å². The lowest BCUT2D eigenvalue weighted by molar-refractivity contribution is -0.383. The van der Waals surface area contributed by atoms with E-state index in [-0.39, 0.29) is 11.6 Å². The Bertz CT molecular complexity index is 754. The van der Waals surface area contributed by atoms with E-state index in [1.807, 2.05) is 6.92 Å². The highest BCUT2D eigenvalue weighted by atomic mass is 16.6. The fraction of sp³-hybridized carbons (Fsp3) is 0.333. The van der Waals surface area contributed by atoms with Crippen LogP contribution in [0.3, 0.4) is 0 Å². The van der Waals surface area contributed by atoms with Crippen molar-refractivity contribution in [2.24, 2.45) is 0 Å². The van der Waals surface area contributed by atoms with Crippen LogP contribution in [0.1, 0.15) is 16.1 Å². The van der Waals surface area contributed by atoms with Crippen LogP contribution in [0.5, 0.6) is 0 Å². The zero-order valence-corrected chi connectivity index (χ0v) is 12.2. The second-order valence-electron chi connectivity index (χ2n) is 5.28. The summed E-state index contributed by atoms with van der Waals surface area (Å²) in [5.74, 6) is -0.171. The summed E-state index contributed by atoms with van der Waals surface area (Å²) in [5.41, 5.74) is 1.10. The molecule has 0 atom stereocenters. The summed E-state index contributed by atoms with van der Waals surface area (Å²) >= 11 is 0. The molecule has 0 saturated carbocycles. The van der Waals surface area contributed by atoms with Gasteiger partial charge in [0.2, 0.25) is 0 Å². The summed E-state index contributed by atoms with van der Waals surface area (Å²) in [6, 6.07) is 4.72. The molecule has 1 fully saturated rings. The first kappa shape index (κ1) is 14.4. The Hall–Kier alpha value is -2.54. The molecule has 2 heterocycles. The predicted octanol–water partition coefficient (Wildman–Crippen LogP) is 1.50. The molecule has 1 amide bonds. The normalized spacial score (nSPS) is 15.0. The Morgan fingerprint density at radius 2 is 2.05 bits per heavy atom. The molecule has 2 aromatic rings. The van der Waals surface area contributed by atoms with Crippen molar-refractivity contribution in [3.63, 3.8) is 0 Å². The van der Waals surface area contributed by atoms with Gasteiger partial charge in [-0.3, -0.25) is 19.9 Å². The Balaban J connectivity index is 2.15. The van der Waals surface area contributed by atoms with Gasteiger partial charge in [-0.1, -0.05) is 6.07 Å². The van der Waals surface area contributed by atoms with Gasteiger partial charge < -0.3 is 10.2 Å². The molecule has 7 heteroatoms. The number of carbonyl (C=O) groups excluding carboxylic acids is 1. The van der Waals surface area contributed by atoms with Crippen LogP contribution < -0.4 is 5.32 Å². The maximum atomic E-state index is 12.7. The first-order valence-electron chi connectivity index (χ1n) is 7.12. The number of amides is 1. The van der Waals surface area contributed by atoms with Gasteiger partial charge in [-0.2, -0.15) is 0 Å². The topological polar surface area (TPSA) is 88.4 Å². The van der Waals surface area contributed by atoms with E-state index in [4.69, 9.17) is 0 Å². The number of rotatable bonds is 2. The van der Waals surface area contributed by atoms with E-state index < -0.39 is 4.92 Å². The fourth-order valence-electron chi connectivity index (χ4n) is 2.79. The zero-order chi connectivity index (χ0) is 15.7. The average Bonchev–Trinajstić information content (AvgIpc) is 2.54. The first-order valence-corrected chi connectivity index (χ1v) is 7.12. The maximum Gasteiger partial charge on any atom is 0.277 e. The third-order valence-corrected chi connectivity index (χ3v) is 3.92. The van der Waals surface area contributed by atoms with Gasteiger partial charge in [0.05, 0.1) is 10.3 Å². The number of non-ortho nitro benzene ring substituents is 1. The van der Waals surface area contributed by atoms with E-state index in [2.05, 4.69) is 10.3 Å². The average molecular weight is 300 g/mol. The monoisotopic (exact) mass is 300 g/mol. The number of aromatic nitrogens is 1. The molecule has 1 N–H and O–H groups in total. The van der Waals surface area contributed by atoms with Crippen molar-refractivity contribution >= 4 is 22.4 Å². The molecule has 1 aromatic carbocycles. The van der Waals surface area contributed by atoms with E-state index in [0.717, 1.165) is 18.7 Å². The van der Waals surface area contributed by atoms with Crippen molar-refractivity contribution in [2.45, 2.75) is 6.92 Å². The molecule has 22 heavy (non-hydrogen) atoms. The number of nitrogens with one attached hydrogen (secondary N) is 1. The zero-order valence-electron chi connectivity index (χ0n) is 12.2. The van der Waals surface area contributed by atoms with Crippen molar-refractivity contribution in [3.8, 4) is 0 Å². The predicted molar refractivity (Wildman–Crippen MR) is 81.9 cm³/mol. The Morgan fingerprint density at radius 1 is 1.32 bits per heavy atom. The highest BCUT2D eigenvalue weighted by Gasteiger charge is 2.24. The fourth-order valence-corrected chi connectivity index (χ4v) is 2.79. The number of pyridine rings is 1. The highest BCUT2D eigenvalue weighted by molar-refractivity contribution is 6.08. The second-order valence-corrected chi connectivity index (χ2v) is 5.28. The molecule has 0 spiro atoms. The molecule has 0 unspecified atom stereocenters. The van der Waals surface area contributed by atoms with Crippen LogP contribution in [-0.4, -0.2) is 46.9 Å². The van der Waals surface area contributed by atoms with Crippen LogP contribution in [0.15, 0.2) is 24.4 Å². The molecule has 1 aromatic heterocycles. The van der Waals surface area contributed by atoms with Gasteiger partial charge in [0.25, 0.3) is 11.6 Å². The minimum absolute atomic E-state index is 0.00244. The van der Waals surface area contributed by atoms with Crippen LogP contribution in [0.4, 0.5) is 5.69 Å². The van der Waals surface area contributed by atoms with E-state index >= 15 is 0 Å². The lowest BCUT2D eigenvalue weighted by atomic mass is 10.0. The maximum absolute atomic E-state index is 12.7. The lowest BCUT2D eigenvalue weighted by Crippen LogP contribution is -2.46. The molecule has 0 bridgehead atoms. The van der Waals surface area contributed by atoms with E-state index in [0.29, 0.717) is 29.6 Å². The molecule has 1 saturated heterocycles. The molecule has 1 aliphatic rings. The highest BCUT2D eigenvalue weighted by Crippen LogP contribution is 2.30. The SMILES string of the molecule is Cc1ccc([N+](=O)[O-])c2ccnc(C(=O)N3CCNCC3)c12. The summed E-state index contributed by atoms with van der Waals surface area (Å²) < 4.78 is 0. The van der Waals surface area contributed by atoms with E-state index in [9.17, 15) is 14.9 Å². The number of hydrogen-bond donors (Lipinski definition) is 1. The number of aryl methyl sites for hydroxylation is 1. The largest absolute Gasteiger partial charge is 0.335 e. The Kier molecular flexibility index (Phi) is 3.72. The number of nitro benzene ring substituents is 1. The Morgan fingerprint density at radius 3 is 2.73 bits per heavy atom. The smallest absolute Gasteiger partial charge is 0.277 e. The lowest BCUT2D eigenvalue weighted by Gasteiger charge is -2.27. The number of benzene rings is 1. The number of hydrogen-bond acceptors (Lipinski definition) is 5. The van der Waals surface area contributed by atoms with Crippen LogP contribution in [0.25, 0.3) is 10.8 Å². The molecule has 1 aliphatic heterocycles. The molecule has 114 valence electrons. The first-order chi connectivity index (χ1) is 10.6. The number of piperazine rings is 1. The molecule has 0 aliphatic carbocycles. The molecular weight excluding hydrogens is 284 g/mol. The van der Waals surface area contributed by atoms with Crippen LogP contribution in [-0.2, 0) is 0 Å². The van der Waals surface area contributed by atoms with Crippen LogP contribution in [0.2, 0.25) is 0 Å². The number of nitro groups is 1. The minimum atomic E-state index is -0.430. The van der Waals surface area contributed by atoms with Gasteiger partial charge in [-0.05, 0) is 18.6 Å². The Labute approximate surface area is 127 Å². The van der Waals surface area contributed by atoms with Crippen LogP contribution in [0, 0.1) is 17.0 Å². The summed E-state index contributed by atoms with van der Waals surface area (Å²) in [5, 5.41) is 15.4. The van der Waals surface area contributed by atoms with Crippen LogP contribution >= 0.6 is 0 Å². The molecule has 0 radical (unpaired) electrons. The minimum Gasteiger partial charge on any atom is -0.335 e. The van der Waals surface area contributed by atoms with Gasteiger partial charge in [0, 0.05) is 43.8 Å². The second kappa shape index (κ2) is 5.69. The quantitative estimate of drug-likeness (QED) is 0.670. The summed E-state index contributed by atoms with van der Waals surface area (Å²) in [6.07, 6.45) is 1.46. The van der Waals surface area contributed by atoms with Gasteiger partial charge >= 0.3 is 0 Å².